The second kappa shape index (κ2) is 12.2. The Kier molecular flexibility index (Phi) is 9.08. The van der Waals surface area contributed by atoms with Gasteiger partial charge in [0.1, 0.15) is 5.69 Å². The molecule has 0 saturated carbocycles. The number of ether oxygens (including phenoxy) is 5. The second-order valence-corrected chi connectivity index (χ2v) is 7.20. The molecule has 1 aliphatic heterocycles. The van der Waals surface area contributed by atoms with E-state index in [0.717, 1.165) is 0 Å². The van der Waals surface area contributed by atoms with Crippen molar-refractivity contribution in [2.45, 2.75) is 45.8 Å². The smallest absolute Gasteiger partial charge is 0.376 e. The van der Waals surface area contributed by atoms with E-state index < -0.39 is 36.0 Å². The van der Waals surface area contributed by atoms with E-state index in [9.17, 15) is 14.4 Å². The van der Waals surface area contributed by atoms with Gasteiger partial charge in [0, 0.05) is 24.8 Å². The van der Waals surface area contributed by atoms with Crippen LogP contribution < -0.4 is 0 Å². The quantitative estimate of drug-likeness (QED) is 0.241. The fourth-order valence-corrected chi connectivity index (χ4v) is 3.57. The van der Waals surface area contributed by atoms with E-state index in [1.165, 1.54) is 6.20 Å². The van der Waals surface area contributed by atoms with E-state index in [-0.39, 0.29) is 37.7 Å². The van der Waals surface area contributed by atoms with Gasteiger partial charge in [-0.3, -0.25) is 4.98 Å². The first-order chi connectivity index (χ1) is 17.4. The summed E-state index contributed by atoms with van der Waals surface area (Å²) in [5.74, 6) is -2.42. The van der Waals surface area contributed by atoms with Gasteiger partial charge in [0.15, 0.2) is 0 Å². The van der Waals surface area contributed by atoms with Gasteiger partial charge in [-0.25, -0.2) is 14.4 Å². The molecular weight excluding hydrogens is 474 g/mol. The van der Waals surface area contributed by atoms with E-state index in [0.29, 0.717) is 10.8 Å². The number of esters is 3. The molecular formula is C23H27N5O8. The minimum atomic E-state index is -1.77. The minimum Gasteiger partial charge on any atom is -0.464 e. The van der Waals surface area contributed by atoms with Crippen molar-refractivity contribution < 1.29 is 38.1 Å². The predicted molar refractivity (Wildman–Crippen MR) is 123 cm³/mol. The van der Waals surface area contributed by atoms with Gasteiger partial charge in [0.25, 0.3) is 5.66 Å². The summed E-state index contributed by atoms with van der Waals surface area (Å²) < 4.78 is 26.3. The molecule has 0 bridgehead atoms. The van der Waals surface area contributed by atoms with Crippen molar-refractivity contribution in [3.8, 4) is 0 Å². The predicted octanol–water partition coefficient (Wildman–Crippen LogP) is 3.27. The van der Waals surface area contributed by atoms with E-state index in [2.05, 4.69) is 25.7 Å². The Morgan fingerprint density at radius 3 is 2.06 bits per heavy atom. The van der Waals surface area contributed by atoms with Crippen LogP contribution in [0.5, 0.6) is 0 Å². The third-order valence-electron chi connectivity index (χ3n) is 5.01. The van der Waals surface area contributed by atoms with E-state index in [4.69, 9.17) is 23.7 Å². The molecule has 2 atom stereocenters. The molecule has 0 saturated heterocycles. The number of fused-ring (bicyclic) bond motifs is 1. The molecule has 2 heterocycles. The maximum absolute atomic E-state index is 13.1. The van der Waals surface area contributed by atoms with Crippen LogP contribution in [0, 0.1) is 0 Å². The highest BCUT2D eigenvalue weighted by Gasteiger charge is 2.52. The van der Waals surface area contributed by atoms with Crippen LogP contribution in [0.3, 0.4) is 0 Å². The van der Waals surface area contributed by atoms with Gasteiger partial charge in [-0.15, -0.1) is 10.2 Å². The normalized spacial score (nSPS) is 15.4. The standard InChI is InChI=1S/C23H27N5O8/c1-5-32-18(20(30)33-6-2)23(25-27-28-26-23)17-15-12-10-9-11-14(15)16(13-24-17)19(29)36-22(35-8-4)21(31)34-7-3/h9-13,18,22H,5-8H2,1-4H3. The fraction of sp³-hybridized carbons (Fsp3) is 0.478. The van der Waals surface area contributed by atoms with Crippen LogP contribution in [0.25, 0.3) is 10.8 Å². The number of rotatable bonds is 12. The van der Waals surface area contributed by atoms with Gasteiger partial charge in [0.05, 0.1) is 18.8 Å². The highest BCUT2D eigenvalue weighted by Crippen LogP contribution is 2.40. The van der Waals surface area contributed by atoms with Crippen LogP contribution in [0.2, 0.25) is 0 Å². The fourth-order valence-electron chi connectivity index (χ4n) is 3.57. The van der Waals surface area contributed by atoms with Gasteiger partial charge in [-0.1, -0.05) is 24.3 Å². The van der Waals surface area contributed by atoms with E-state index in [1.807, 2.05) is 0 Å². The summed E-state index contributed by atoms with van der Waals surface area (Å²) in [6, 6.07) is 6.72. The Labute approximate surface area is 206 Å². The molecule has 0 radical (unpaired) electrons. The van der Waals surface area contributed by atoms with Crippen molar-refractivity contribution in [2.24, 2.45) is 20.7 Å². The number of carbonyl (C=O) groups excluding carboxylic acids is 3. The lowest BCUT2D eigenvalue weighted by Gasteiger charge is -2.28. The van der Waals surface area contributed by atoms with Crippen LogP contribution in [0.1, 0.15) is 43.7 Å². The van der Waals surface area contributed by atoms with Crippen LogP contribution in [0.15, 0.2) is 51.1 Å². The second-order valence-electron chi connectivity index (χ2n) is 7.20. The zero-order valence-electron chi connectivity index (χ0n) is 20.4. The SMILES string of the molecule is CCOC(=O)C(OCC)OC(=O)c1cnc(C2(C(OCC)C(=O)OCC)N=NN=N2)c2ccccc12. The van der Waals surface area contributed by atoms with Gasteiger partial charge < -0.3 is 23.7 Å². The summed E-state index contributed by atoms with van der Waals surface area (Å²) in [4.78, 5) is 42.4. The molecule has 3 rings (SSSR count). The minimum absolute atomic E-state index is 0.0365. The van der Waals surface area contributed by atoms with Crippen LogP contribution in [0.4, 0.5) is 0 Å². The van der Waals surface area contributed by atoms with E-state index >= 15 is 0 Å². The third-order valence-corrected chi connectivity index (χ3v) is 5.01. The number of hydrogen-bond donors (Lipinski definition) is 0. The average Bonchev–Trinajstić information content (AvgIpc) is 3.37. The number of carbonyl (C=O) groups is 3. The lowest BCUT2D eigenvalue weighted by Crippen LogP contribution is -2.44. The third kappa shape index (κ3) is 5.36. The lowest BCUT2D eigenvalue weighted by atomic mass is 9.93. The van der Waals surface area contributed by atoms with Crippen LogP contribution >= 0.6 is 0 Å². The van der Waals surface area contributed by atoms with Gasteiger partial charge in [0.2, 0.25) is 6.10 Å². The van der Waals surface area contributed by atoms with Crippen molar-refractivity contribution in [3.05, 3.63) is 41.7 Å². The van der Waals surface area contributed by atoms with Crippen molar-refractivity contribution in [1.29, 1.82) is 0 Å². The first-order valence-electron chi connectivity index (χ1n) is 11.4. The first-order valence-corrected chi connectivity index (χ1v) is 11.4. The molecule has 1 aromatic carbocycles. The number of nitrogens with zero attached hydrogens (tertiary/aromatic N) is 5. The number of benzene rings is 1. The monoisotopic (exact) mass is 501 g/mol. The molecule has 192 valence electrons. The summed E-state index contributed by atoms with van der Waals surface area (Å²) >= 11 is 0. The molecule has 1 aromatic heterocycles. The molecule has 0 fully saturated rings. The molecule has 13 heteroatoms. The average molecular weight is 501 g/mol. The summed E-state index contributed by atoms with van der Waals surface area (Å²) in [5, 5.41) is 16.2. The molecule has 0 N–H and O–H groups in total. The van der Waals surface area contributed by atoms with Crippen molar-refractivity contribution in [3.63, 3.8) is 0 Å². The van der Waals surface area contributed by atoms with Crippen molar-refractivity contribution in [1.82, 2.24) is 4.98 Å². The zero-order valence-corrected chi connectivity index (χ0v) is 20.4. The Bertz CT molecular complexity index is 1160. The van der Waals surface area contributed by atoms with Crippen molar-refractivity contribution in [2.75, 3.05) is 26.4 Å². The summed E-state index contributed by atoms with van der Waals surface area (Å²) in [6.07, 6.45) is -1.65. The maximum Gasteiger partial charge on any atom is 0.376 e. The Hall–Kier alpha value is -3.84. The van der Waals surface area contributed by atoms with Gasteiger partial charge in [-0.2, -0.15) is 0 Å². The van der Waals surface area contributed by atoms with Crippen molar-refractivity contribution >= 4 is 28.7 Å². The molecule has 0 amide bonds. The molecule has 36 heavy (non-hydrogen) atoms. The van der Waals surface area contributed by atoms with Crippen LogP contribution in [-0.4, -0.2) is 61.7 Å². The van der Waals surface area contributed by atoms with Crippen LogP contribution in [-0.2, 0) is 38.9 Å². The lowest BCUT2D eigenvalue weighted by molar-refractivity contribution is -0.182. The summed E-state index contributed by atoms with van der Waals surface area (Å²) in [5.41, 5.74) is -1.57. The van der Waals surface area contributed by atoms with Gasteiger partial charge in [-0.05, 0) is 43.5 Å². The Balaban J connectivity index is 2.09. The molecule has 13 nitrogen and oxygen atoms in total. The Morgan fingerprint density at radius 1 is 0.833 bits per heavy atom. The Morgan fingerprint density at radius 2 is 1.44 bits per heavy atom. The number of aromatic nitrogens is 1. The summed E-state index contributed by atoms with van der Waals surface area (Å²) in [7, 11) is 0. The van der Waals surface area contributed by atoms with Gasteiger partial charge >= 0.3 is 24.2 Å². The maximum atomic E-state index is 13.1. The first kappa shape index (κ1) is 26.8. The molecule has 1 aliphatic rings. The number of hydrogen-bond acceptors (Lipinski definition) is 13. The molecule has 2 aromatic rings. The highest BCUT2D eigenvalue weighted by atomic mass is 16.7. The molecule has 2 unspecified atom stereocenters. The molecule has 0 spiro atoms. The number of pyridine rings is 1. The zero-order chi connectivity index (χ0) is 26.1. The topological polar surface area (TPSA) is 160 Å². The van der Waals surface area contributed by atoms with E-state index in [1.54, 1.807) is 52.0 Å². The molecule has 0 aliphatic carbocycles. The highest BCUT2D eigenvalue weighted by molar-refractivity contribution is 6.05. The largest absolute Gasteiger partial charge is 0.464 e. The summed E-state index contributed by atoms with van der Waals surface area (Å²) in [6.45, 7) is 7.08.